The van der Waals surface area contributed by atoms with Crippen LogP contribution in [0.25, 0.3) is 0 Å². The molecule has 1 rings (SSSR count). The number of aliphatic hydroxyl groups excluding tert-OH is 1. The van der Waals surface area contributed by atoms with Crippen molar-refractivity contribution in [1.82, 2.24) is 0 Å². The maximum atomic E-state index is 9.59. The molecular formula is C13H26O5. The van der Waals surface area contributed by atoms with Gasteiger partial charge >= 0.3 is 0 Å². The Morgan fingerprint density at radius 2 is 1.72 bits per heavy atom. The van der Waals surface area contributed by atoms with E-state index in [2.05, 4.69) is 0 Å². The Morgan fingerprint density at radius 3 is 2.28 bits per heavy atom. The molecule has 0 spiro atoms. The molecule has 1 aliphatic carbocycles. The van der Waals surface area contributed by atoms with E-state index in [9.17, 15) is 5.11 Å². The SMILES string of the molecule is COCCOC1C(O)CC1OCCOC(C)(C)C. The molecule has 0 heterocycles. The normalized spacial score (nSPS) is 28.2. The van der Waals surface area contributed by atoms with Gasteiger partial charge in [-0.25, -0.2) is 0 Å². The first kappa shape index (κ1) is 15.9. The van der Waals surface area contributed by atoms with E-state index < -0.39 is 6.10 Å². The summed E-state index contributed by atoms with van der Waals surface area (Å²) in [5, 5.41) is 9.59. The molecule has 0 bridgehead atoms. The summed E-state index contributed by atoms with van der Waals surface area (Å²) >= 11 is 0. The van der Waals surface area contributed by atoms with Gasteiger partial charge in [-0.2, -0.15) is 0 Å². The quantitative estimate of drug-likeness (QED) is 0.661. The van der Waals surface area contributed by atoms with Crippen LogP contribution in [0.2, 0.25) is 0 Å². The molecule has 1 fully saturated rings. The summed E-state index contributed by atoms with van der Waals surface area (Å²) in [5.74, 6) is 0. The van der Waals surface area contributed by atoms with Crippen LogP contribution in [-0.2, 0) is 18.9 Å². The molecule has 0 saturated heterocycles. The van der Waals surface area contributed by atoms with Crippen LogP contribution in [-0.4, -0.2) is 62.6 Å². The topological polar surface area (TPSA) is 57.2 Å². The van der Waals surface area contributed by atoms with E-state index in [0.717, 1.165) is 0 Å². The Bertz CT molecular complexity index is 226. The van der Waals surface area contributed by atoms with Crippen LogP contribution in [0.4, 0.5) is 0 Å². The Hall–Kier alpha value is -0.200. The maximum absolute atomic E-state index is 9.59. The van der Waals surface area contributed by atoms with Crippen LogP contribution in [0.5, 0.6) is 0 Å². The third-order valence-corrected chi connectivity index (χ3v) is 2.77. The van der Waals surface area contributed by atoms with Gasteiger partial charge < -0.3 is 24.1 Å². The number of methoxy groups -OCH3 is 1. The fourth-order valence-corrected chi connectivity index (χ4v) is 1.75. The fourth-order valence-electron chi connectivity index (χ4n) is 1.75. The first-order valence-electron chi connectivity index (χ1n) is 6.48. The van der Waals surface area contributed by atoms with Crippen LogP contribution in [0, 0.1) is 0 Å². The van der Waals surface area contributed by atoms with E-state index in [0.29, 0.717) is 32.8 Å². The minimum absolute atomic E-state index is 0.0274. The van der Waals surface area contributed by atoms with Gasteiger partial charge in [-0.15, -0.1) is 0 Å². The minimum Gasteiger partial charge on any atom is -0.390 e. The highest BCUT2D eigenvalue weighted by atomic mass is 16.6. The van der Waals surface area contributed by atoms with Crippen LogP contribution < -0.4 is 0 Å². The van der Waals surface area contributed by atoms with Crippen molar-refractivity contribution in [2.75, 3.05) is 33.5 Å². The number of hydrogen-bond donors (Lipinski definition) is 1. The highest BCUT2D eigenvalue weighted by Gasteiger charge is 2.41. The lowest BCUT2D eigenvalue weighted by Gasteiger charge is -2.40. The Labute approximate surface area is 109 Å². The molecule has 3 unspecified atom stereocenters. The van der Waals surface area contributed by atoms with Gasteiger partial charge in [0.1, 0.15) is 6.10 Å². The third kappa shape index (κ3) is 5.63. The molecule has 0 radical (unpaired) electrons. The molecule has 108 valence electrons. The summed E-state index contributed by atoms with van der Waals surface area (Å²) in [7, 11) is 1.62. The fraction of sp³-hybridized carbons (Fsp3) is 1.00. The number of rotatable bonds is 8. The highest BCUT2D eigenvalue weighted by Crippen LogP contribution is 2.27. The summed E-state index contributed by atoms with van der Waals surface area (Å²) in [6.07, 6.45) is -0.0433. The summed E-state index contributed by atoms with van der Waals surface area (Å²) in [6.45, 7) is 8.13. The summed E-state index contributed by atoms with van der Waals surface area (Å²) in [4.78, 5) is 0. The molecule has 0 aromatic rings. The molecular weight excluding hydrogens is 236 g/mol. The zero-order chi connectivity index (χ0) is 13.6. The standard InChI is InChI=1S/C13H26O5/c1-13(2,3)18-8-7-16-11-9-10(14)12(11)17-6-5-15-4/h10-12,14H,5-9H2,1-4H3. The van der Waals surface area contributed by atoms with Gasteiger partial charge in [0.05, 0.1) is 44.2 Å². The molecule has 0 aromatic carbocycles. The first-order chi connectivity index (χ1) is 8.44. The van der Waals surface area contributed by atoms with Crippen LogP contribution in [0.1, 0.15) is 27.2 Å². The zero-order valence-corrected chi connectivity index (χ0v) is 11.8. The average molecular weight is 262 g/mol. The van der Waals surface area contributed by atoms with Gasteiger partial charge in [-0.3, -0.25) is 0 Å². The number of ether oxygens (including phenoxy) is 4. The van der Waals surface area contributed by atoms with Crippen LogP contribution in [0.3, 0.4) is 0 Å². The lowest BCUT2D eigenvalue weighted by Crippen LogP contribution is -2.54. The van der Waals surface area contributed by atoms with Crippen molar-refractivity contribution in [2.45, 2.75) is 51.1 Å². The van der Waals surface area contributed by atoms with Gasteiger partial charge in [-0.05, 0) is 20.8 Å². The van der Waals surface area contributed by atoms with Crippen LogP contribution in [0.15, 0.2) is 0 Å². The molecule has 18 heavy (non-hydrogen) atoms. The second-order valence-electron chi connectivity index (χ2n) is 5.50. The molecule has 0 aliphatic heterocycles. The maximum Gasteiger partial charge on any atom is 0.110 e. The van der Waals surface area contributed by atoms with E-state index in [1.807, 2.05) is 20.8 Å². The van der Waals surface area contributed by atoms with Gasteiger partial charge in [-0.1, -0.05) is 0 Å². The molecule has 5 heteroatoms. The Morgan fingerprint density at radius 1 is 1.06 bits per heavy atom. The highest BCUT2D eigenvalue weighted by molar-refractivity contribution is 4.92. The molecule has 3 atom stereocenters. The molecule has 0 amide bonds. The Kier molecular flexibility index (Phi) is 6.52. The zero-order valence-electron chi connectivity index (χ0n) is 11.8. The number of aliphatic hydroxyl groups is 1. The molecule has 1 aliphatic rings. The third-order valence-electron chi connectivity index (χ3n) is 2.77. The van der Waals surface area contributed by atoms with E-state index in [-0.39, 0.29) is 17.8 Å². The predicted molar refractivity (Wildman–Crippen MR) is 67.7 cm³/mol. The average Bonchev–Trinajstić information content (AvgIpc) is 2.27. The Balaban J connectivity index is 2.10. The monoisotopic (exact) mass is 262 g/mol. The smallest absolute Gasteiger partial charge is 0.110 e. The lowest BCUT2D eigenvalue weighted by molar-refractivity contribution is -0.201. The van der Waals surface area contributed by atoms with E-state index in [1.54, 1.807) is 7.11 Å². The molecule has 1 N–H and O–H groups in total. The van der Waals surface area contributed by atoms with Gasteiger partial charge in [0.25, 0.3) is 0 Å². The van der Waals surface area contributed by atoms with Crippen molar-refractivity contribution in [3.8, 4) is 0 Å². The summed E-state index contributed by atoms with van der Waals surface area (Å²) < 4.78 is 21.6. The van der Waals surface area contributed by atoms with Crippen molar-refractivity contribution in [1.29, 1.82) is 0 Å². The van der Waals surface area contributed by atoms with Crippen molar-refractivity contribution < 1.29 is 24.1 Å². The van der Waals surface area contributed by atoms with Crippen molar-refractivity contribution in [3.05, 3.63) is 0 Å². The predicted octanol–water partition coefficient (Wildman–Crippen LogP) is 0.983. The summed E-state index contributed by atoms with van der Waals surface area (Å²) in [5.41, 5.74) is -0.142. The molecule has 1 saturated carbocycles. The second-order valence-corrected chi connectivity index (χ2v) is 5.50. The van der Waals surface area contributed by atoms with E-state index >= 15 is 0 Å². The first-order valence-corrected chi connectivity index (χ1v) is 6.48. The van der Waals surface area contributed by atoms with Gasteiger partial charge in [0.15, 0.2) is 0 Å². The van der Waals surface area contributed by atoms with Crippen molar-refractivity contribution in [2.24, 2.45) is 0 Å². The van der Waals surface area contributed by atoms with E-state index in [1.165, 1.54) is 0 Å². The van der Waals surface area contributed by atoms with Crippen molar-refractivity contribution in [3.63, 3.8) is 0 Å². The van der Waals surface area contributed by atoms with Gasteiger partial charge in [0.2, 0.25) is 0 Å². The molecule has 0 aromatic heterocycles. The minimum atomic E-state index is -0.421. The van der Waals surface area contributed by atoms with Gasteiger partial charge in [0, 0.05) is 13.5 Å². The van der Waals surface area contributed by atoms with Crippen molar-refractivity contribution >= 4 is 0 Å². The van der Waals surface area contributed by atoms with Crippen LogP contribution >= 0.6 is 0 Å². The summed E-state index contributed by atoms with van der Waals surface area (Å²) in [6, 6.07) is 0. The van der Waals surface area contributed by atoms with E-state index in [4.69, 9.17) is 18.9 Å². The molecule has 5 nitrogen and oxygen atoms in total. The lowest BCUT2D eigenvalue weighted by atomic mass is 9.88. The number of hydrogen-bond acceptors (Lipinski definition) is 5. The second kappa shape index (κ2) is 7.40. The largest absolute Gasteiger partial charge is 0.390 e.